The van der Waals surface area contributed by atoms with Gasteiger partial charge in [0.1, 0.15) is 11.6 Å². The minimum atomic E-state index is -4.02. The number of ether oxygens (including phenoxy) is 1. The second-order valence-electron chi connectivity index (χ2n) is 5.26. The molecule has 0 saturated carbocycles. The number of hydrogen-bond acceptors (Lipinski definition) is 5. The molecule has 10 heteroatoms. The van der Waals surface area contributed by atoms with E-state index in [2.05, 4.69) is 4.40 Å². The number of benzene rings is 2. The van der Waals surface area contributed by atoms with Gasteiger partial charge in [-0.25, -0.2) is 9.18 Å². The van der Waals surface area contributed by atoms with E-state index in [0.717, 1.165) is 35.6 Å². The normalized spacial score (nSPS) is 12.1. The van der Waals surface area contributed by atoms with Gasteiger partial charge in [0, 0.05) is 17.6 Å². The standard InChI is InChI=1S/C17H13FN2O5S2/c18-12-4-6-15(7-5-12)27(23,24)19-17-20(8-9-26-17)13-2-1-3-14(10-13)25-11-16(21)22/h1-10H,11H2,(H,21,22)/b19-17-. The molecule has 7 nitrogen and oxygen atoms in total. The van der Waals surface area contributed by atoms with Crippen molar-refractivity contribution < 1.29 is 27.4 Å². The Morgan fingerprint density at radius 3 is 2.67 bits per heavy atom. The number of aromatic nitrogens is 1. The van der Waals surface area contributed by atoms with Crippen LogP contribution in [0.2, 0.25) is 0 Å². The van der Waals surface area contributed by atoms with Gasteiger partial charge < -0.3 is 9.84 Å². The summed E-state index contributed by atoms with van der Waals surface area (Å²) in [4.78, 5) is 10.7. The van der Waals surface area contributed by atoms with E-state index in [1.54, 1.807) is 35.8 Å². The second-order valence-corrected chi connectivity index (χ2v) is 7.73. The first kappa shape index (κ1) is 18.8. The highest BCUT2D eigenvalue weighted by Crippen LogP contribution is 2.17. The summed E-state index contributed by atoms with van der Waals surface area (Å²) in [6, 6.07) is 10.9. The molecule has 0 aliphatic rings. The van der Waals surface area contributed by atoms with Gasteiger partial charge in [0.15, 0.2) is 6.61 Å². The summed E-state index contributed by atoms with van der Waals surface area (Å²) in [7, 11) is -4.02. The minimum Gasteiger partial charge on any atom is -0.482 e. The summed E-state index contributed by atoms with van der Waals surface area (Å²) in [6.07, 6.45) is 1.62. The number of carboxylic acid groups (broad SMARTS) is 1. The zero-order valence-electron chi connectivity index (χ0n) is 13.6. The Bertz CT molecular complexity index is 1130. The van der Waals surface area contributed by atoms with E-state index in [9.17, 15) is 17.6 Å². The molecule has 0 aliphatic heterocycles. The van der Waals surface area contributed by atoms with Gasteiger partial charge in [-0.15, -0.1) is 15.7 Å². The molecule has 0 amide bonds. The molecule has 3 aromatic rings. The number of hydrogen-bond donors (Lipinski definition) is 1. The smallest absolute Gasteiger partial charge is 0.341 e. The zero-order chi connectivity index (χ0) is 19.4. The Labute approximate surface area is 157 Å². The van der Waals surface area contributed by atoms with Crippen molar-refractivity contribution in [2.24, 2.45) is 4.40 Å². The molecular weight excluding hydrogens is 395 g/mol. The van der Waals surface area contributed by atoms with Gasteiger partial charge in [0.05, 0.1) is 10.6 Å². The fourth-order valence-corrected chi connectivity index (χ4v) is 4.09. The summed E-state index contributed by atoms with van der Waals surface area (Å²) in [5, 5.41) is 10.3. The molecular formula is C17H13FN2O5S2. The van der Waals surface area contributed by atoms with E-state index >= 15 is 0 Å². The largest absolute Gasteiger partial charge is 0.482 e. The summed E-state index contributed by atoms with van der Waals surface area (Å²) in [5.74, 6) is -1.33. The molecule has 0 radical (unpaired) electrons. The molecule has 2 aromatic carbocycles. The Kier molecular flexibility index (Phi) is 5.38. The molecule has 0 unspecified atom stereocenters. The number of thiazole rings is 1. The lowest BCUT2D eigenvalue weighted by Crippen LogP contribution is -2.15. The first-order valence-electron chi connectivity index (χ1n) is 7.53. The number of carboxylic acids is 1. The zero-order valence-corrected chi connectivity index (χ0v) is 15.3. The Hall–Kier alpha value is -2.98. The first-order valence-corrected chi connectivity index (χ1v) is 9.85. The van der Waals surface area contributed by atoms with Crippen LogP contribution in [0.15, 0.2) is 69.4 Å². The third-order valence-corrected chi connectivity index (χ3v) is 5.51. The molecule has 0 aliphatic carbocycles. The fourth-order valence-electron chi connectivity index (χ4n) is 2.16. The van der Waals surface area contributed by atoms with Crippen molar-refractivity contribution in [1.82, 2.24) is 4.57 Å². The SMILES string of the molecule is O=C(O)COc1cccc(-n2ccs/c2=N\S(=O)(=O)c2ccc(F)cc2)c1. The fraction of sp³-hybridized carbons (Fsp3) is 0.0588. The van der Waals surface area contributed by atoms with Gasteiger partial charge >= 0.3 is 5.97 Å². The highest BCUT2D eigenvalue weighted by atomic mass is 32.2. The van der Waals surface area contributed by atoms with Crippen LogP contribution in [0.25, 0.3) is 5.69 Å². The monoisotopic (exact) mass is 408 g/mol. The highest BCUT2D eigenvalue weighted by molar-refractivity contribution is 7.90. The Balaban J connectivity index is 1.99. The molecule has 0 saturated heterocycles. The molecule has 1 heterocycles. The van der Waals surface area contributed by atoms with Crippen LogP contribution in [-0.2, 0) is 14.8 Å². The minimum absolute atomic E-state index is 0.123. The van der Waals surface area contributed by atoms with Crippen molar-refractivity contribution in [3.63, 3.8) is 0 Å². The van der Waals surface area contributed by atoms with Crippen molar-refractivity contribution >= 4 is 27.3 Å². The topological polar surface area (TPSA) is 98.0 Å². The van der Waals surface area contributed by atoms with E-state index in [1.807, 2.05) is 0 Å². The molecule has 0 fully saturated rings. The number of rotatable bonds is 6. The van der Waals surface area contributed by atoms with E-state index in [0.29, 0.717) is 11.4 Å². The van der Waals surface area contributed by atoms with Gasteiger partial charge in [-0.3, -0.25) is 4.57 Å². The van der Waals surface area contributed by atoms with Crippen LogP contribution < -0.4 is 9.54 Å². The maximum Gasteiger partial charge on any atom is 0.341 e. The maximum absolute atomic E-state index is 13.0. The van der Waals surface area contributed by atoms with Gasteiger partial charge in [-0.05, 0) is 36.4 Å². The van der Waals surface area contributed by atoms with Gasteiger partial charge in [0.2, 0.25) is 4.80 Å². The van der Waals surface area contributed by atoms with Crippen LogP contribution in [0.1, 0.15) is 0 Å². The molecule has 1 aromatic heterocycles. The van der Waals surface area contributed by atoms with Gasteiger partial charge in [-0.2, -0.15) is 8.42 Å². The molecule has 3 rings (SSSR count). The Morgan fingerprint density at radius 1 is 1.22 bits per heavy atom. The van der Waals surface area contributed by atoms with Crippen LogP contribution in [0, 0.1) is 5.82 Å². The van der Waals surface area contributed by atoms with Crippen molar-refractivity contribution in [2.75, 3.05) is 6.61 Å². The molecule has 0 atom stereocenters. The third kappa shape index (κ3) is 4.60. The highest BCUT2D eigenvalue weighted by Gasteiger charge is 2.14. The van der Waals surface area contributed by atoms with Crippen LogP contribution in [0.3, 0.4) is 0 Å². The average molecular weight is 408 g/mol. The van der Waals surface area contributed by atoms with E-state index in [-0.39, 0.29) is 9.70 Å². The summed E-state index contributed by atoms with van der Waals surface area (Å²) < 4.78 is 48.4. The molecule has 0 spiro atoms. The number of aliphatic carboxylic acids is 1. The second kappa shape index (κ2) is 7.72. The van der Waals surface area contributed by atoms with Crippen LogP contribution in [0.4, 0.5) is 4.39 Å². The third-order valence-electron chi connectivity index (χ3n) is 3.36. The van der Waals surface area contributed by atoms with E-state index in [4.69, 9.17) is 9.84 Å². The first-order chi connectivity index (χ1) is 12.8. The summed E-state index contributed by atoms with van der Waals surface area (Å²) in [5.41, 5.74) is 0.548. The van der Waals surface area contributed by atoms with Crippen molar-refractivity contribution in [2.45, 2.75) is 4.90 Å². The van der Waals surface area contributed by atoms with Gasteiger partial charge in [-0.1, -0.05) is 6.07 Å². The number of carbonyl (C=O) groups is 1. The van der Waals surface area contributed by atoms with Crippen LogP contribution >= 0.6 is 11.3 Å². The number of halogens is 1. The lowest BCUT2D eigenvalue weighted by Gasteiger charge is -2.07. The quantitative estimate of drug-likeness (QED) is 0.676. The summed E-state index contributed by atoms with van der Waals surface area (Å²) >= 11 is 1.10. The van der Waals surface area contributed by atoms with Crippen molar-refractivity contribution in [3.8, 4) is 11.4 Å². The van der Waals surface area contributed by atoms with Crippen molar-refractivity contribution in [1.29, 1.82) is 0 Å². The number of nitrogens with zero attached hydrogens (tertiary/aromatic N) is 2. The van der Waals surface area contributed by atoms with Gasteiger partial charge in [0.25, 0.3) is 10.0 Å². The average Bonchev–Trinajstić information content (AvgIpc) is 3.08. The molecule has 1 N–H and O–H groups in total. The lowest BCUT2D eigenvalue weighted by atomic mass is 10.3. The van der Waals surface area contributed by atoms with E-state index in [1.165, 1.54) is 4.57 Å². The molecule has 0 bridgehead atoms. The Morgan fingerprint density at radius 2 is 1.96 bits per heavy atom. The van der Waals surface area contributed by atoms with Crippen molar-refractivity contribution in [3.05, 3.63) is 70.7 Å². The van der Waals surface area contributed by atoms with Crippen LogP contribution in [0.5, 0.6) is 5.75 Å². The van der Waals surface area contributed by atoms with E-state index < -0.39 is 28.4 Å². The maximum atomic E-state index is 13.0. The molecule has 27 heavy (non-hydrogen) atoms. The number of sulfonamides is 1. The predicted octanol–water partition coefficient (Wildman–Crippen LogP) is 2.43. The predicted molar refractivity (Wildman–Crippen MR) is 95.9 cm³/mol. The lowest BCUT2D eigenvalue weighted by molar-refractivity contribution is -0.139. The summed E-state index contributed by atoms with van der Waals surface area (Å²) in [6.45, 7) is -0.492. The van der Waals surface area contributed by atoms with Crippen LogP contribution in [-0.4, -0.2) is 30.7 Å². The molecule has 140 valence electrons.